The molecule has 0 unspecified atom stereocenters. The first kappa shape index (κ1) is 15.5. The monoisotopic (exact) mass is 337 g/mol. The molecule has 0 fully saturated rings. The van der Waals surface area contributed by atoms with Crippen LogP contribution in [-0.2, 0) is 0 Å². The van der Waals surface area contributed by atoms with Crippen LogP contribution in [0.5, 0.6) is 0 Å². The molecule has 1 atom stereocenters. The molecule has 0 spiro atoms. The Labute approximate surface area is 145 Å². The van der Waals surface area contributed by atoms with E-state index in [1.165, 1.54) is 6.39 Å². The fourth-order valence-corrected chi connectivity index (χ4v) is 3.26. The lowest BCUT2D eigenvalue weighted by Gasteiger charge is -2.28. The van der Waals surface area contributed by atoms with E-state index >= 15 is 0 Å². The number of furan rings is 1. The molecule has 128 valence electrons. The predicted molar refractivity (Wildman–Crippen MR) is 94.8 cm³/mol. The highest BCUT2D eigenvalue weighted by Crippen LogP contribution is 2.35. The second kappa shape index (κ2) is 6.12. The first-order valence-corrected chi connectivity index (χ1v) is 8.28. The fourth-order valence-electron chi connectivity index (χ4n) is 3.26. The maximum atomic E-state index is 13.4. The number of hydrogen-bond acceptors (Lipinski definition) is 5. The zero-order valence-corrected chi connectivity index (χ0v) is 14.2. The van der Waals surface area contributed by atoms with Gasteiger partial charge in [-0.1, -0.05) is 12.1 Å². The third-order valence-electron chi connectivity index (χ3n) is 4.61. The summed E-state index contributed by atoms with van der Waals surface area (Å²) in [5.74, 6) is 0.668. The Morgan fingerprint density at radius 3 is 2.72 bits per heavy atom. The van der Waals surface area contributed by atoms with Gasteiger partial charge in [0.1, 0.15) is 0 Å². The van der Waals surface area contributed by atoms with E-state index in [4.69, 9.17) is 8.83 Å². The zero-order chi connectivity index (χ0) is 17.4. The number of para-hydroxylation sites is 2. The van der Waals surface area contributed by atoms with Crippen LogP contribution in [0.3, 0.4) is 0 Å². The van der Waals surface area contributed by atoms with Gasteiger partial charge in [0.05, 0.1) is 17.6 Å². The number of amides is 1. The number of carbonyl (C=O) groups excluding carboxylic acids is 1. The smallest absolute Gasteiger partial charge is 0.281 e. The van der Waals surface area contributed by atoms with E-state index in [0.29, 0.717) is 11.5 Å². The van der Waals surface area contributed by atoms with E-state index in [-0.39, 0.29) is 17.6 Å². The van der Waals surface area contributed by atoms with Gasteiger partial charge in [0.15, 0.2) is 17.8 Å². The van der Waals surface area contributed by atoms with Crippen molar-refractivity contribution in [3.05, 3.63) is 54.7 Å². The van der Waals surface area contributed by atoms with Crippen LogP contribution in [0.25, 0.3) is 11.5 Å². The summed E-state index contributed by atoms with van der Waals surface area (Å²) < 4.78 is 10.8. The molecule has 25 heavy (non-hydrogen) atoms. The van der Waals surface area contributed by atoms with Crippen molar-refractivity contribution in [2.24, 2.45) is 0 Å². The van der Waals surface area contributed by atoms with E-state index in [9.17, 15) is 4.79 Å². The minimum Gasteiger partial charge on any atom is -0.461 e. The molecule has 1 aromatic carbocycles. The molecule has 0 N–H and O–H groups in total. The van der Waals surface area contributed by atoms with Gasteiger partial charge in [-0.05, 0) is 37.6 Å². The summed E-state index contributed by atoms with van der Waals surface area (Å²) in [6, 6.07) is 11.5. The number of oxazole rings is 1. The van der Waals surface area contributed by atoms with Crippen LogP contribution < -0.4 is 9.80 Å². The van der Waals surface area contributed by atoms with Crippen molar-refractivity contribution in [1.29, 1.82) is 0 Å². The van der Waals surface area contributed by atoms with Gasteiger partial charge < -0.3 is 18.6 Å². The van der Waals surface area contributed by atoms with E-state index in [1.54, 1.807) is 18.4 Å². The normalized spacial score (nSPS) is 17.3. The van der Waals surface area contributed by atoms with Crippen molar-refractivity contribution in [3.63, 3.8) is 0 Å². The van der Waals surface area contributed by atoms with Crippen LogP contribution in [0.1, 0.15) is 23.8 Å². The van der Waals surface area contributed by atoms with Crippen molar-refractivity contribution in [2.75, 3.05) is 23.4 Å². The summed E-state index contributed by atoms with van der Waals surface area (Å²) in [7, 11) is 2.05. The average molecular weight is 337 g/mol. The molecule has 1 aliphatic heterocycles. The van der Waals surface area contributed by atoms with Gasteiger partial charge in [0.25, 0.3) is 5.91 Å². The molecule has 3 heterocycles. The van der Waals surface area contributed by atoms with E-state index in [1.807, 2.05) is 36.2 Å². The fraction of sp³-hybridized carbons (Fsp3) is 0.263. The minimum absolute atomic E-state index is 0.0414. The summed E-state index contributed by atoms with van der Waals surface area (Å²) in [6.07, 6.45) is 3.70. The van der Waals surface area contributed by atoms with Gasteiger partial charge in [-0.15, -0.1) is 0 Å². The molecule has 1 aliphatic rings. The van der Waals surface area contributed by atoms with Crippen LogP contribution in [0.15, 0.2) is 57.9 Å². The highest BCUT2D eigenvalue weighted by molar-refractivity contribution is 6.09. The van der Waals surface area contributed by atoms with Crippen molar-refractivity contribution in [2.45, 2.75) is 19.4 Å². The number of nitrogens with zero attached hydrogens (tertiary/aromatic N) is 3. The van der Waals surface area contributed by atoms with Crippen LogP contribution in [-0.4, -0.2) is 30.5 Å². The van der Waals surface area contributed by atoms with Crippen LogP contribution in [0.2, 0.25) is 0 Å². The van der Waals surface area contributed by atoms with Crippen LogP contribution in [0, 0.1) is 0 Å². The topological polar surface area (TPSA) is 62.7 Å². The van der Waals surface area contributed by atoms with Gasteiger partial charge in [-0.2, -0.15) is 0 Å². The standard InChI is InChI=1S/C19H19N3O3/c1-13-9-10-21(2)14-6-3-4-7-15(14)22(13)19(23)17-18(25-12-20-17)16-8-5-11-24-16/h3-8,11-13H,9-10H2,1-2H3/t13-/m0/s1. The lowest BCUT2D eigenvalue weighted by Crippen LogP contribution is -2.39. The molecule has 0 saturated heterocycles. The number of fused-ring (bicyclic) bond motifs is 1. The Kier molecular flexibility index (Phi) is 3.80. The first-order valence-electron chi connectivity index (χ1n) is 8.28. The number of hydrogen-bond donors (Lipinski definition) is 0. The molecule has 3 aromatic rings. The van der Waals surface area contributed by atoms with E-state index in [2.05, 4.69) is 16.8 Å². The zero-order valence-electron chi connectivity index (χ0n) is 14.2. The lowest BCUT2D eigenvalue weighted by atomic mass is 10.1. The van der Waals surface area contributed by atoms with Crippen LogP contribution in [0.4, 0.5) is 11.4 Å². The Hall–Kier alpha value is -3.02. The minimum atomic E-state index is -0.185. The molecule has 0 saturated carbocycles. The first-order chi connectivity index (χ1) is 12.2. The Balaban J connectivity index is 1.80. The van der Waals surface area contributed by atoms with Gasteiger partial charge in [-0.3, -0.25) is 4.79 Å². The van der Waals surface area contributed by atoms with Crippen molar-refractivity contribution in [3.8, 4) is 11.5 Å². The summed E-state index contributed by atoms with van der Waals surface area (Å²) in [5.41, 5.74) is 2.18. The van der Waals surface area contributed by atoms with Gasteiger partial charge in [0.2, 0.25) is 5.76 Å². The maximum Gasteiger partial charge on any atom is 0.281 e. The molecule has 6 heteroatoms. The van der Waals surface area contributed by atoms with Gasteiger partial charge >= 0.3 is 0 Å². The lowest BCUT2D eigenvalue weighted by molar-refractivity contribution is 0.0974. The molecule has 0 aliphatic carbocycles. The second-order valence-electron chi connectivity index (χ2n) is 6.23. The quantitative estimate of drug-likeness (QED) is 0.711. The number of carbonyl (C=O) groups is 1. The second-order valence-corrected chi connectivity index (χ2v) is 6.23. The highest BCUT2D eigenvalue weighted by atomic mass is 16.4. The summed E-state index contributed by atoms with van der Waals surface area (Å²) in [6.45, 7) is 2.94. The van der Waals surface area contributed by atoms with Crippen molar-refractivity contribution in [1.82, 2.24) is 4.98 Å². The van der Waals surface area contributed by atoms with Gasteiger partial charge in [-0.25, -0.2) is 4.98 Å². The molecule has 2 aromatic heterocycles. The number of rotatable bonds is 2. The SMILES string of the molecule is C[C@H]1CCN(C)c2ccccc2N1C(=O)c1ncoc1-c1ccco1. The molecule has 6 nitrogen and oxygen atoms in total. The Morgan fingerprint density at radius 1 is 1.16 bits per heavy atom. The number of anilines is 2. The number of benzene rings is 1. The van der Waals surface area contributed by atoms with Crippen molar-refractivity contribution < 1.29 is 13.6 Å². The molecular weight excluding hydrogens is 318 g/mol. The Morgan fingerprint density at radius 2 is 1.96 bits per heavy atom. The molecule has 4 rings (SSSR count). The van der Waals surface area contributed by atoms with E-state index in [0.717, 1.165) is 24.3 Å². The Bertz CT molecular complexity index is 885. The van der Waals surface area contributed by atoms with Gasteiger partial charge in [0, 0.05) is 19.6 Å². The third-order valence-corrected chi connectivity index (χ3v) is 4.61. The average Bonchev–Trinajstić information content (AvgIpc) is 3.29. The molecule has 0 radical (unpaired) electrons. The summed E-state index contributed by atoms with van der Waals surface area (Å²) in [5, 5.41) is 0. The number of aromatic nitrogens is 1. The molecule has 0 bridgehead atoms. The molecule has 1 amide bonds. The molecular formula is C19H19N3O3. The van der Waals surface area contributed by atoms with Crippen LogP contribution >= 0.6 is 0 Å². The predicted octanol–water partition coefficient (Wildman–Crippen LogP) is 3.81. The summed E-state index contributed by atoms with van der Waals surface area (Å²) in [4.78, 5) is 21.5. The summed E-state index contributed by atoms with van der Waals surface area (Å²) >= 11 is 0. The van der Waals surface area contributed by atoms with E-state index < -0.39 is 0 Å². The largest absolute Gasteiger partial charge is 0.461 e. The maximum absolute atomic E-state index is 13.4. The third kappa shape index (κ3) is 2.59. The highest BCUT2D eigenvalue weighted by Gasteiger charge is 2.32. The van der Waals surface area contributed by atoms with Crippen molar-refractivity contribution >= 4 is 17.3 Å².